The first-order chi connectivity index (χ1) is 9.65. The molecule has 0 bridgehead atoms. The highest BCUT2D eigenvalue weighted by atomic mass is 16.4. The van der Waals surface area contributed by atoms with Gasteiger partial charge >= 0.3 is 5.97 Å². The number of benzene rings is 1. The van der Waals surface area contributed by atoms with Crippen LogP contribution in [0.3, 0.4) is 0 Å². The summed E-state index contributed by atoms with van der Waals surface area (Å²) in [4.78, 5) is 10.6. The van der Waals surface area contributed by atoms with Gasteiger partial charge < -0.3 is 10.4 Å². The fourth-order valence-electron chi connectivity index (χ4n) is 2.25. The van der Waals surface area contributed by atoms with E-state index < -0.39 is 5.97 Å². The third-order valence-electron chi connectivity index (χ3n) is 3.36. The fourth-order valence-corrected chi connectivity index (χ4v) is 2.25. The van der Waals surface area contributed by atoms with E-state index in [-0.39, 0.29) is 6.42 Å². The summed E-state index contributed by atoms with van der Waals surface area (Å²) in [5.41, 5.74) is 1.65. The number of nitriles is 1. The lowest BCUT2D eigenvalue weighted by molar-refractivity contribution is -0.137. The molecule has 1 unspecified atom stereocenters. The summed E-state index contributed by atoms with van der Waals surface area (Å²) in [6.45, 7) is 2.96. The SMILES string of the molecule is CCCC(CCNc1ccc(C#N)cc1)CCC(=O)O. The highest BCUT2D eigenvalue weighted by Crippen LogP contribution is 2.18. The largest absolute Gasteiger partial charge is 0.481 e. The zero-order valence-electron chi connectivity index (χ0n) is 11.9. The number of rotatable bonds is 9. The lowest BCUT2D eigenvalue weighted by atomic mass is 9.94. The van der Waals surface area contributed by atoms with Gasteiger partial charge in [0.25, 0.3) is 0 Å². The van der Waals surface area contributed by atoms with E-state index in [9.17, 15) is 4.79 Å². The Morgan fingerprint density at radius 2 is 2.00 bits per heavy atom. The van der Waals surface area contributed by atoms with Gasteiger partial charge in [-0.2, -0.15) is 5.26 Å². The smallest absolute Gasteiger partial charge is 0.303 e. The van der Waals surface area contributed by atoms with Crippen LogP contribution in [0.25, 0.3) is 0 Å². The molecule has 20 heavy (non-hydrogen) atoms. The highest BCUT2D eigenvalue weighted by molar-refractivity contribution is 5.66. The van der Waals surface area contributed by atoms with Gasteiger partial charge in [-0.05, 0) is 43.0 Å². The van der Waals surface area contributed by atoms with Crippen LogP contribution in [0.2, 0.25) is 0 Å². The Balaban J connectivity index is 2.35. The highest BCUT2D eigenvalue weighted by Gasteiger charge is 2.09. The van der Waals surface area contributed by atoms with Gasteiger partial charge in [0.05, 0.1) is 11.6 Å². The summed E-state index contributed by atoms with van der Waals surface area (Å²) in [5, 5.41) is 20.8. The van der Waals surface area contributed by atoms with Gasteiger partial charge in [-0.3, -0.25) is 4.79 Å². The lowest BCUT2D eigenvalue weighted by Crippen LogP contribution is -2.11. The molecule has 0 amide bonds. The van der Waals surface area contributed by atoms with Crippen molar-refractivity contribution in [3.63, 3.8) is 0 Å². The van der Waals surface area contributed by atoms with Gasteiger partial charge in [-0.1, -0.05) is 19.8 Å². The fraction of sp³-hybridized carbons (Fsp3) is 0.500. The molecule has 4 heteroatoms. The standard InChI is InChI=1S/C16H22N2O2/c1-2-3-13(6-9-16(19)20)10-11-18-15-7-4-14(12-17)5-8-15/h4-5,7-8,13,18H,2-3,6,9-11H2,1H3,(H,19,20). The number of aliphatic carboxylic acids is 1. The first-order valence-electron chi connectivity index (χ1n) is 7.11. The van der Waals surface area contributed by atoms with Crippen molar-refractivity contribution in [2.75, 3.05) is 11.9 Å². The van der Waals surface area contributed by atoms with E-state index in [4.69, 9.17) is 10.4 Å². The van der Waals surface area contributed by atoms with Crippen LogP contribution in [0.5, 0.6) is 0 Å². The molecule has 0 saturated heterocycles. The van der Waals surface area contributed by atoms with Gasteiger partial charge in [0.1, 0.15) is 0 Å². The maximum absolute atomic E-state index is 10.6. The van der Waals surface area contributed by atoms with E-state index in [1.165, 1.54) is 0 Å². The Labute approximate surface area is 120 Å². The number of nitrogens with one attached hydrogen (secondary N) is 1. The van der Waals surface area contributed by atoms with E-state index >= 15 is 0 Å². The second-order valence-corrected chi connectivity index (χ2v) is 4.99. The van der Waals surface area contributed by atoms with Crippen LogP contribution < -0.4 is 5.32 Å². The van der Waals surface area contributed by atoms with E-state index in [0.717, 1.165) is 37.9 Å². The van der Waals surface area contributed by atoms with Crippen molar-refractivity contribution in [3.8, 4) is 6.07 Å². The Kier molecular flexibility index (Phi) is 7.20. The second-order valence-electron chi connectivity index (χ2n) is 4.99. The van der Waals surface area contributed by atoms with Crippen LogP contribution in [0.15, 0.2) is 24.3 Å². The zero-order chi connectivity index (χ0) is 14.8. The molecule has 0 fully saturated rings. The van der Waals surface area contributed by atoms with Crippen molar-refractivity contribution in [1.82, 2.24) is 0 Å². The monoisotopic (exact) mass is 274 g/mol. The molecule has 0 heterocycles. The zero-order valence-corrected chi connectivity index (χ0v) is 11.9. The van der Waals surface area contributed by atoms with Crippen LogP contribution >= 0.6 is 0 Å². The van der Waals surface area contributed by atoms with Gasteiger partial charge in [0, 0.05) is 18.7 Å². The third-order valence-corrected chi connectivity index (χ3v) is 3.36. The molecule has 0 aliphatic rings. The average molecular weight is 274 g/mol. The summed E-state index contributed by atoms with van der Waals surface area (Å²) in [7, 11) is 0. The molecule has 0 aliphatic carbocycles. The Hall–Kier alpha value is -2.02. The van der Waals surface area contributed by atoms with Gasteiger partial charge in [0.15, 0.2) is 0 Å². The van der Waals surface area contributed by atoms with Crippen LogP contribution in [0.1, 0.15) is 44.6 Å². The Morgan fingerprint density at radius 3 is 2.55 bits per heavy atom. The van der Waals surface area contributed by atoms with E-state index in [0.29, 0.717) is 11.5 Å². The second kappa shape index (κ2) is 8.98. The number of carboxylic acid groups (broad SMARTS) is 1. The molecule has 0 aromatic heterocycles. The predicted molar refractivity (Wildman–Crippen MR) is 79.5 cm³/mol. The van der Waals surface area contributed by atoms with Crippen LogP contribution in [-0.2, 0) is 4.79 Å². The van der Waals surface area contributed by atoms with Crippen LogP contribution in [0.4, 0.5) is 5.69 Å². The Bertz CT molecular complexity index is 449. The average Bonchev–Trinajstić information content (AvgIpc) is 2.45. The van der Waals surface area contributed by atoms with E-state index in [1.807, 2.05) is 12.1 Å². The first kappa shape index (κ1) is 16.0. The van der Waals surface area contributed by atoms with Crippen molar-refractivity contribution >= 4 is 11.7 Å². The van der Waals surface area contributed by atoms with Gasteiger partial charge in [-0.25, -0.2) is 0 Å². The summed E-state index contributed by atoms with van der Waals surface area (Å²) in [6, 6.07) is 9.45. The molecule has 0 aliphatic heterocycles. The molecule has 1 aromatic carbocycles. The maximum atomic E-state index is 10.6. The minimum atomic E-state index is -0.717. The molecular formula is C16H22N2O2. The topological polar surface area (TPSA) is 73.1 Å². The number of carboxylic acids is 1. The minimum Gasteiger partial charge on any atom is -0.481 e. The number of hydrogen-bond acceptors (Lipinski definition) is 3. The molecule has 0 spiro atoms. The van der Waals surface area contributed by atoms with Crippen molar-refractivity contribution in [2.24, 2.45) is 5.92 Å². The van der Waals surface area contributed by atoms with Gasteiger partial charge in [0.2, 0.25) is 0 Å². The summed E-state index contributed by atoms with van der Waals surface area (Å²) in [5.74, 6) is -0.256. The minimum absolute atomic E-state index is 0.252. The maximum Gasteiger partial charge on any atom is 0.303 e. The third kappa shape index (κ3) is 6.24. The lowest BCUT2D eigenvalue weighted by Gasteiger charge is -2.16. The number of carbonyl (C=O) groups is 1. The molecule has 108 valence electrons. The number of anilines is 1. The van der Waals surface area contributed by atoms with Crippen molar-refractivity contribution in [3.05, 3.63) is 29.8 Å². The molecule has 0 saturated carbocycles. The van der Waals surface area contributed by atoms with Crippen molar-refractivity contribution in [2.45, 2.75) is 39.0 Å². The first-order valence-corrected chi connectivity index (χ1v) is 7.11. The van der Waals surface area contributed by atoms with E-state index in [1.54, 1.807) is 12.1 Å². The summed E-state index contributed by atoms with van der Waals surface area (Å²) >= 11 is 0. The molecule has 0 radical (unpaired) electrons. The van der Waals surface area contributed by atoms with Crippen molar-refractivity contribution in [1.29, 1.82) is 5.26 Å². The predicted octanol–water partition coefficient (Wildman–Crippen LogP) is 3.64. The number of hydrogen-bond donors (Lipinski definition) is 2. The van der Waals surface area contributed by atoms with E-state index in [2.05, 4.69) is 18.3 Å². The molecule has 2 N–H and O–H groups in total. The molecule has 1 rings (SSSR count). The molecule has 4 nitrogen and oxygen atoms in total. The molecule has 1 atom stereocenters. The molecule has 1 aromatic rings. The molecular weight excluding hydrogens is 252 g/mol. The van der Waals surface area contributed by atoms with Crippen LogP contribution in [-0.4, -0.2) is 17.6 Å². The normalized spacial score (nSPS) is 11.6. The quantitative estimate of drug-likeness (QED) is 0.721. The Morgan fingerprint density at radius 1 is 1.30 bits per heavy atom. The van der Waals surface area contributed by atoms with Crippen molar-refractivity contribution < 1.29 is 9.90 Å². The number of nitrogens with zero attached hydrogens (tertiary/aromatic N) is 1. The van der Waals surface area contributed by atoms with Gasteiger partial charge in [-0.15, -0.1) is 0 Å². The summed E-state index contributed by atoms with van der Waals surface area (Å²) < 4.78 is 0. The summed E-state index contributed by atoms with van der Waals surface area (Å²) in [6.07, 6.45) is 4.13. The van der Waals surface area contributed by atoms with Crippen LogP contribution in [0, 0.1) is 17.2 Å².